The first-order valence-electron chi connectivity index (χ1n) is 7.27. The Labute approximate surface area is 116 Å². The second-order valence-electron chi connectivity index (χ2n) is 5.69. The molecular formula is C17H24O2. The Morgan fingerprint density at radius 1 is 1.11 bits per heavy atom. The molecule has 104 valence electrons. The molecule has 0 spiro atoms. The van der Waals surface area contributed by atoms with Crippen LogP contribution in [0.3, 0.4) is 0 Å². The van der Waals surface area contributed by atoms with E-state index in [0.29, 0.717) is 0 Å². The fourth-order valence-corrected chi connectivity index (χ4v) is 3.07. The van der Waals surface area contributed by atoms with Crippen molar-refractivity contribution in [3.05, 3.63) is 34.9 Å². The molecule has 19 heavy (non-hydrogen) atoms. The Kier molecular flexibility index (Phi) is 4.41. The number of benzene rings is 1. The van der Waals surface area contributed by atoms with Gasteiger partial charge in [-0.3, -0.25) is 4.79 Å². The zero-order valence-electron chi connectivity index (χ0n) is 12.3. The van der Waals surface area contributed by atoms with Gasteiger partial charge in [-0.15, -0.1) is 0 Å². The van der Waals surface area contributed by atoms with Crippen LogP contribution in [0.5, 0.6) is 0 Å². The molecule has 2 rings (SSSR count). The van der Waals surface area contributed by atoms with E-state index in [1.807, 2.05) is 19.1 Å². The van der Waals surface area contributed by atoms with Crippen LogP contribution in [-0.4, -0.2) is 18.5 Å². The lowest BCUT2D eigenvalue weighted by Gasteiger charge is -2.30. The maximum Gasteiger partial charge on any atom is 0.194 e. The van der Waals surface area contributed by atoms with Gasteiger partial charge in [0.1, 0.15) is 5.60 Å². The summed E-state index contributed by atoms with van der Waals surface area (Å²) in [5.74, 6) is 0.179. The first-order valence-corrected chi connectivity index (χ1v) is 7.27. The number of ether oxygens (including phenoxy) is 1. The van der Waals surface area contributed by atoms with Crippen molar-refractivity contribution in [2.45, 2.75) is 58.0 Å². The second-order valence-corrected chi connectivity index (χ2v) is 5.69. The van der Waals surface area contributed by atoms with Crippen LogP contribution in [0.25, 0.3) is 0 Å². The van der Waals surface area contributed by atoms with Gasteiger partial charge in [0.05, 0.1) is 0 Å². The minimum atomic E-state index is -0.588. The highest BCUT2D eigenvalue weighted by Crippen LogP contribution is 2.34. The summed E-state index contributed by atoms with van der Waals surface area (Å²) >= 11 is 0. The maximum atomic E-state index is 13.0. The minimum absolute atomic E-state index is 0.179. The van der Waals surface area contributed by atoms with Crippen molar-refractivity contribution in [3.8, 4) is 0 Å². The summed E-state index contributed by atoms with van der Waals surface area (Å²) in [5, 5.41) is 0. The summed E-state index contributed by atoms with van der Waals surface area (Å²) in [6.45, 7) is 4.08. The molecular weight excluding hydrogens is 236 g/mol. The second kappa shape index (κ2) is 5.87. The van der Waals surface area contributed by atoms with E-state index >= 15 is 0 Å². The van der Waals surface area contributed by atoms with Crippen molar-refractivity contribution < 1.29 is 9.53 Å². The highest BCUT2D eigenvalue weighted by Gasteiger charge is 2.39. The number of carbonyl (C=O) groups excluding carboxylic acids is 1. The SMILES string of the molecule is COC1(C(=O)c2cccc(C)c2C)CCCCCC1. The van der Waals surface area contributed by atoms with Gasteiger partial charge in [-0.25, -0.2) is 0 Å². The molecule has 0 atom stereocenters. The van der Waals surface area contributed by atoms with E-state index < -0.39 is 5.60 Å². The summed E-state index contributed by atoms with van der Waals surface area (Å²) < 4.78 is 5.72. The molecule has 0 N–H and O–H groups in total. The first-order chi connectivity index (χ1) is 9.10. The molecule has 2 heteroatoms. The third-order valence-corrected chi connectivity index (χ3v) is 4.57. The number of methoxy groups -OCH3 is 1. The van der Waals surface area contributed by atoms with Gasteiger partial charge in [0.2, 0.25) is 0 Å². The van der Waals surface area contributed by atoms with Gasteiger partial charge in [0, 0.05) is 12.7 Å². The largest absolute Gasteiger partial charge is 0.370 e. The summed E-state index contributed by atoms with van der Waals surface area (Å²) in [6.07, 6.45) is 6.32. The smallest absolute Gasteiger partial charge is 0.194 e. The molecule has 0 aromatic heterocycles. The number of rotatable bonds is 3. The van der Waals surface area contributed by atoms with Crippen molar-refractivity contribution in [3.63, 3.8) is 0 Å². The van der Waals surface area contributed by atoms with Crippen molar-refractivity contribution in [1.82, 2.24) is 0 Å². The number of aryl methyl sites for hydroxylation is 1. The number of Topliss-reactive ketones (excluding diaryl/α,β-unsaturated/α-hetero) is 1. The van der Waals surface area contributed by atoms with Crippen LogP contribution < -0.4 is 0 Å². The van der Waals surface area contributed by atoms with Gasteiger partial charge in [0.15, 0.2) is 5.78 Å². The molecule has 0 radical (unpaired) electrons. The van der Waals surface area contributed by atoms with Gasteiger partial charge in [-0.05, 0) is 37.8 Å². The number of ketones is 1. The normalized spacial score (nSPS) is 18.9. The molecule has 2 nitrogen and oxygen atoms in total. The van der Waals surface area contributed by atoms with Crippen LogP contribution in [0.4, 0.5) is 0 Å². The minimum Gasteiger partial charge on any atom is -0.370 e. The van der Waals surface area contributed by atoms with E-state index in [9.17, 15) is 4.79 Å². The number of hydrogen-bond acceptors (Lipinski definition) is 2. The Hall–Kier alpha value is -1.15. The van der Waals surface area contributed by atoms with Crippen molar-refractivity contribution in [2.24, 2.45) is 0 Å². The van der Waals surface area contributed by atoms with Crippen LogP contribution in [0, 0.1) is 13.8 Å². The average molecular weight is 260 g/mol. The molecule has 1 aromatic rings. The van der Waals surface area contributed by atoms with Gasteiger partial charge < -0.3 is 4.74 Å². The summed E-state index contributed by atoms with van der Waals surface area (Å²) in [7, 11) is 1.69. The molecule has 1 aliphatic rings. The lowest BCUT2D eigenvalue weighted by Crippen LogP contribution is -2.40. The predicted molar refractivity (Wildman–Crippen MR) is 77.7 cm³/mol. The Balaban J connectivity index is 2.37. The van der Waals surface area contributed by atoms with Crippen LogP contribution in [0.1, 0.15) is 60.0 Å². The average Bonchev–Trinajstić information content (AvgIpc) is 2.67. The van der Waals surface area contributed by atoms with Gasteiger partial charge in [-0.1, -0.05) is 43.9 Å². The van der Waals surface area contributed by atoms with E-state index in [4.69, 9.17) is 4.74 Å². The summed E-state index contributed by atoms with van der Waals surface area (Å²) in [6, 6.07) is 5.96. The highest BCUT2D eigenvalue weighted by atomic mass is 16.5. The molecule has 1 saturated carbocycles. The fraction of sp³-hybridized carbons (Fsp3) is 0.588. The standard InChI is InChI=1S/C17H24O2/c1-13-9-8-10-15(14(13)2)16(18)17(19-3)11-6-4-5-7-12-17/h8-10H,4-7,11-12H2,1-3H3. The molecule has 1 fully saturated rings. The maximum absolute atomic E-state index is 13.0. The number of carbonyl (C=O) groups is 1. The third-order valence-electron chi connectivity index (χ3n) is 4.57. The van der Waals surface area contributed by atoms with Crippen molar-refractivity contribution in [1.29, 1.82) is 0 Å². The van der Waals surface area contributed by atoms with E-state index in [1.165, 1.54) is 18.4 Å². The Bertz CT molecular complexity index is 454. The third kappa shape index (κ3) is 2.74. The molecule has 0 unspecified atom stereocenters. The highest BCUT2D eigenvalue weighted by molar-refractivity contribution is 6.03. The molecule has 1 aliphatic carbocycles. The molecule has 0 bridgehead atoms. The van der Waals surface area contributed by atoms with Gasteiger partial charge in [0.25, 0.3) is 0 Å². The van der Waals surface area contributed by atoms with Crippen molar-refractivity contribution >= 4 is 5.78 Å². The van der Waals surface area contributed by atoms with E-state index in [0.717, 1.165) is 36.8 Å². The number of hydrogen-bond donors (Lipinski definition) is 0. The van der Waals surface area contributed by atoms with Gasteiger partial charge in [-0.2, -0.15) is 0 Å². The topological polar surface area (TPSA) is 26.3 Å². The van der Waals surface area contributed by atoms with Crippen LogP contribution in [-0.2, 0) is 4.74 Å². The molecule has 0 aliphatic heterocycles. The molecule has 1 aromatic carbocycles. The molecule has 0 saturated heterocycles. The molecule has 0 heterocycles. The van der Waals surface area contributed by atoms with Crippen molar-refractivity contribution in [2.75, 3.05) is 7.11 Å². The monoisotopic (exact) mass is 260 g/mol. The summed E-state index contributed by atoms with van der Waals surface area (Å²) in [5.41, 5.74) is 2.51. The quantitative estimate of drug-likeness (QED) is 0.600. The lowest BCUT2D eigenvalue weighted by atomic mass is 9.83. The zero-order valence-corrected chi connectivity index (χ0v) is 12.3. The zero-order chi connectivity index (χ0) is 13.9. The van der Waals surface area contributed by atoms with Crippen LogP contribution in [0.2, 0.25) is 0 Å². The first kappa shape index (κ1) is 14.3. The predicted octanol–water partition coefficient (Wildman–Crippen LogP) is 4.23. The fourth-order valence-electron chi connectivity index (χ4n) is 3.07. The Morgan fingerprint density at radius 2 is 1.74 bits per heavy atom. The van der Waals surface area contributed by atoms with E-state index in [-0.39, 0.29) is 5.78 Å². The Morgan fingerprint density at radius 3 is 2.32 bits per heavy atom. The van der Waals surface area contributed by atoms with Crippen LogP contribution >= 0.6 is 0 Å². The van der Waals surface area contributed by atoms with E-state index in [1.54, 1.807) is 7.11 Å². The van der Waals surface area contributed by atoms with Gasteiger partial charge >= 0.3 is 0 Å². The summed E-state index contributed by atoms with van der Waals surface area (Å²) in [4.78, 5) is 13.0. The lowest BCUT2D eigenvalue weighted by molar-refractivity contribution is -0.00698. The van der Waals surface area contributed by atoms with E-state index in [2.05, 4.69) is 13.0 Å². The molecule has 0 amide bonds. The van der Waals surface area contributed by atoms with Crippen LogP contribution in [0.15, 0.2) is 18.2 Å².